The van der Waals surface area contributed by atoms with Gasteiger partial charge in [0.15, 0.2) is 0 Å². The molecule has 4 atom stereocenters. The normalized spacial score (nSPS) is 43.5. The van der Waals surface area contributed by atoms with Crippen LogP contribution in [0.5, 0.6) is 0 Å². The van der Waals surface area contributed by atoms with Gasteiger partial charge in [0.25, 0.3) is 0 Å². The maximum absolute atomic E-state index is 4.17. The van der Waals surface area contributed by atoms with E-state index in [9.17, 15) is 0 Å². The summed E-state index contributed by atoms with van der Waals surface area (Å²) >= 11 is 0. The first kappa shape index (κ1) is 12.0. The van der Waals surface area contributed by atoms with Crippen LogP contribution >= 0.6 is 0 Å². The molecule has 2 aliphatic rings. The zero-order valence-electron chi connectivity index (χ0n) is 11.3. The molecule has 16 heavy (non-hydrogen) atoms. The molecule has 0 heterocycles. The zero-order valence-corrected chi connectivity index (χ0v) is 11.3. The molecule has 0 bridgehead atoms. The predicted molar refractivity (Wildman–Crippen MR) is 71.3 cm³/mol. The monoisotopic (exact) mass is 218 g/mol. The molecule has 0 amide bonds. The van der Waals surface area contributed by atoms with Crippen molar-refractivity contribution in [1.82, 2.24) is 0 Å². The maximum atomic E-state index is 4.17. The molecular weight excluding hydrogens is 192 g/mol. The molecule has 0 heteroatoms. The Hall–Kier alpha value is -0.520. The average molecular weight is 218 g/mol. The maximum Gasteiger partial charge on any atom is -0.00848 e. The summed E-state index contributed by atoms with van der Waals surface area (Å²) in [6.45, 7) is 13.7. The second-order valence-corrected chi connectivity index (χ2v) is 6.51. The largest absolute Gasteiger partial charge is 0.0999 e. The van der Waals surface area contributed by atoms with Crippen LogP contribution in [0.15, 0.2) is 23.8 Å². The third kappa shape index (κ3) is 1.87. The molecule has 0 aromatic carbocycles. The van der Waals surface area contributed by atoms with Crippen molar-refractivity contribution in [3.8, 4) is 0 Å². The van der Waals surface area contributed by atoms with Crippen molar-refractivity contribution in [2.75, 3.05) is 0 Å². The van der Waals surface area contributed by atoms with Crippen LogP contribution in [-0.2, 0) is 0 Å². The molecular formula is C16H26. The van der Waals surface area contributed by atoms with E-state index in [-0.39, 0.29) is 0 Å². The van der Waals surface area contributed by atoms with Crippen molar-refractivity contribution in [3.63, 3.8) is 0 Å². The summed E-state index contributed by atoms with van der Waals surface area (Å²) in [6, 6.07) is 0. The molecule has 0 aromatic rings. The van der Waals surface area contributed by atoms with Gasteiger partial charge < -0.3 is 0 Å². The van der Waals surface area contributed by atoms with E-state index in [0.29, 0.717) is 5.41 Å². The van der Waals surface area contributed by atoms with Crippen LogP contribution in [0.3, 0.4) is 0 Å². The molecule has 0 spiro atoms. The van der Waals surface area contributed by atoms with Crippen molar-refractivity contribution < 1.29 is 0 Å². The van der Waals surface area contributed by atoms with Crippen molar-refractivity contribution in [2.45, 2.75) is 53.4 Å². The van der Waals surface area contributed by atoms with Gasteiger partial charge in [0.05, 0.1) is 0 Å². The standard InChI is InChI=1S/C16H26/c1-11(2)14-6-7-15-9-12(3)8-13(4)16(15,5)10-14/h9,12-14H,1,6-8,10H2,2-5H3. The average Bonchev–Trinajstić information content (AvgIpc) is 2.19. The fourth-order valence-corrected chi connectivity index (χ4v) is 3.80. The fraction of sp³-hybridized carbons (Fsp3) is 0.750. The topological polar surface area (TPSA) is 0 Å². The van der Waals surface area contributed by atoms with Crippen LogP contribution in [0.2, 0.25) is 0 Å². The molecule has 4 unspecified atom stereocenters. The first-order valence-corrected chi connectivity index (χ1v) is 6.80. The minimum Gasteiger partial charge on any atom is -0.0999 e. The van der Waals surface area contributed by atoms with Crippen molar-refractivity contribution in [1.29, 1.82) is 0 Å². The van der Waals surface area contributed by atoms with E-state index in [1.165, 1.54) is 31.3 Å². The molecule has 90 valence electrons. The lowest BCUT2D eigenvalue weighted by Crippen LogP contribution is -2.38. The van der Waals surface area contributed by atoms with Gasteiger partial charge in [-0.25, -0.2) is 0 Å². The summed E-state index contributed by atoms with van der Waals surface area (Å²) in [6.07, 6.45) is 7.90. The van der Waals surface area contributed by atoms with Gasteiger partial charge in [0.2, 0.25) is 0 Å². The van der Waals surface area contributed by atoms with Gasteiger partial charge >= 0.3 is 0 Å². The number of rotatable bonds is 1. The summed E-state index contributed by atoms with van der Waals surface area (Å²) in [5.41, 5.74) is 3.61. The quantitative estimate of drug-likeness (QED) is 0.545. The highest BCUT2D eigenvalue weighted by atomic mass is 14.5. The Kier molecular flexibility index (Phi) is 3.03. The Morgan fingerprint density at radius 1 is 1.44 bits per heavy atom. The Morgan fingerprint density at radius 3 is 2.75 bits per heavy atom. The van der Waals surface area contributed by atoms with Crippen LogP contribution in [0.1, 0.15) is 53.4 Å². The van der Waals surface area contributed by atoms with E-state index in [0.717, 1.165) is 17.8 Å². The van der Waals surface area contributed by atoms with E-state index in [1.807, 2.05) is 0 Å². The van der Waals surface area contributed by atoms with Crippen LogP contribution < -0.4 is 0 Å². The molecule has 0 aliphatic heterocycles. The first-order valence-electron chi connectivity index (χ1n) is 6.80. The van der Waals surface area contributed by atoms with Crippen LogP contribution in [0.4, 0.5) is 0 Å². The van der Waals surface area contributed by atoms with Crippen LogP contribution in [0, 0.1) is 23.2 Å². The molecule has 0 nitrogen and oxygen atoms in total. The molecule has 1 fully saturated rings. The molecule has 0 aromatic heterocycles. The van der Waals surface area contributed by atoms with Gasteiger partial charge in [-0.2, -0.15) is 0 Å². The van der Waals surface area contributed by atoms with Gasteiger partial charge in [0, 0.05) is 0 Å². The third-order valence-corrected chi connectivity index (χ3v) is 5.16. The highest BCUT2D eigenvalue weighted by Crippen LogP contribution is 2.54. The van der Waals surface area contributed by atoms with E-state index in [4.69, 9.17) is 0 Å². The Balaban J connectivity index is 2.26. The lowest BCUT2D eigenvalue weighted by Gasteiger charge is -2.48. The minimum atomic E-state index is 0.467. The summed E-state index contributed by atoms with van der Waals surface area (Å²) in [7, 11) is 0. The molecule has 1 saturated carbocycles. The van der Waals surface area contributed by atoms with E-state index < -0.39 is 0 Å². The number of hydrogen-bond acceptors (Lipinski definition) is 0. The fourth-order valence-electron chi connectivity index (χ4n) is 3.80. The lowest BCUT2D eigenvalue weighted by molar-refractivity contribution is 0.137. The van der Waals surface area contributed by atoms with E-state index >= 15 is 0 Å². The van der Waals surface area contributed by atoms with E-state index in [1.54, 1.807) is 5.57 Å². The Morgan fingerprint density at radius 2 is 2.12 bits per heavy atom. The molecule has 2 aliphatic carbocycles. The van der Waals surface area contributed by atoms with Gasteiger partial charge in [-0.1, -0.05) is 44.6 Å². The third-order valence-electron chi connectivity index (χ3n) is 5.16. The lowest BCUT2D eigenvalue weighted by atomic mass is 9.56. The second-order valence-electron chi connectivity index (χ2n) is 6.51. The highest BCUT2D eigenvalue weighted by Gasteiger charge is 2.42. The van der Waals surface area contributed by atoms with Gasteiger partial charge in [-0.3, -0.25) is 0 Å². The summed E-state index contributed by atoms with van der Waals surface area (Å²) in [5, 5.41) is 0. The number of hydrogen-bond donors (Lipinski definition) is 0. The van der Waals surface area contributed by atoms with Crippen LogP contribution in [0.25, 0.3) is 0 Å². The Bertz CT molecular complexity index is 323. The number of allylic oxidation sites excluding steroid dienone is 3. The molecule has 0 N–H and O–H groups in total. The van der Waals surface area contributed by atoms with Crippen LogP contribution in [-0.4, -0.2) is 0 Å². The van der Waals surface area contributed by atoms with Crippen molar-refractivity contribution in [3.05, 3.63) is 23.8 Å². The first-order chi connectivity index (χ1) is 7.43. The Labute approximate surface area is 101 Å². The predicted octanol–water partition coefficient (Wildman–Crippen LogP) is 4.97. The minimum absolute atomic E-state index is 0.467. The van der Waals surface area contributed by atoms with Gasteiger partial charge in [-0.15, -0.1) is 0 Å². The highest BCUT2D eigenvalue weighted by molar-refractivity contribution is 5.24. The van der Waals surface area contributed by atoms with Gasteiger partial charge in [0.1, 0.15) is 0 Å². The van der Waals surface area contributed by atoms with Gasteiger partial charge in [-0.05, 0) is 55.8 Å². The SMILES string of the molecule is C=C(C)C1CCC2=CC(C)CC(C)C2(C)C1. The smallest absolute Gasteiger partial charge is 0.00848 e. The summed E-state index contributed by atoms with van der Waals surface area (Å²) in [5.74, 6) is 2.39. The second kappa shape index (κ2) is 4.05. The van der Waals surface area contributed by atoms with Crippen molar-refractivity contribution >= 4 is 0 Å². The summed E-state index contributed by atoms with van der Waals surface area (Å²) in [4.78, 5) is 0. The molecule has 2 rings (SSSR count). The van der Waals surface area contributed by atoms with E-state index in [2.05, 4.69) is 40.3 Å². The number of fused-ring (bicyclic) bond motifs is 1. The van der Waals surface area contributed by atoms with Crippen molar-refractivity contribution in [2.24, 2.45) is 23.2 Å². The molecule has 0 radical (unpaired) electrons. The summed E-state index contributed by atoms with van der Waals surface area (Å²) < 4.78 is 0. The zero-order chi connectivity index (χ0) is 11.9. The molecule has 0 saturated heterocycles.